The van der Waals surface area contributed by atoms with Gasteiger partial charge >= 0.3 is 0 Å². The average Bonchev–Trinajstić information content (AvgIpc) is 2.92. The average molecular weight is 293 g/mol. The third-order valence-electron chi connectivity index (χ3n) is 2.67. The minimum atomic E-state index is 0.201. The summed E-state index contributed by atoms with van der Waals surface area (Å²) >= 11 is 6.05. The summed E-state index contributed by atoms with van der Waals surface area (Å²) in [5.74, 6) is 1.49. The Balaban J connectivity index is 2.20. The van der Waals surface area contributed by atoms with Crippen molar-refractivity contribution < 1.29 is 9.15 Å². The van der Waals surface area contributed by atoms with Gasteiger partial charge in [0.25, 0.3) is 0 Å². The van der Waals surface area contributed by atoms with E-state index in [1.807, 2.05) is 6.92 Å². The van der Waals surface area contributed by atoms with Crippen molar-refractivity contribution in [1.82, 2.24) is 10.2 Å². The van der Waals surface area contributed by atoms with Crippen molar-refractivity contribution in [2.24, 2.45) is 0 Å². The molecule has 0 saturated heterocycles. The van der Waals surface area contributed by atoms with Crippen LogP contribution in [0.5, 0.6) is 5.75 Å². The topological polar surface area (TPSA) is 75.2 Å². The number of methoxy groups -OCH3 is 1. The van der Waals surface area contributed by atoms with Crippen molar-refractivity contribution in [3.8, 4) is 11.9 Å². The fraction of sp³-hybridized carbons (Fsp3) is 0.308. The molecule has 0 fully saturated rings. The highest BCUT2D eigenvalue weighted by Gasteiger charge is 2.13. The molecule has 0 spiro atoms. The van der Waals surface area contributed by atoms with E-state index in [0.717, 1.165) is 0 Å². The molecule has 20 heavy (non-hydrogen) atoms. The number of aromatic nitrogens is 2. The zero-order chi connectivity index (χ0) is 14.5. The van der Waals surface area contributed by atoms with Crippen molar-refractivity contribution in [1.29, 1.82) is 5.26 Å². The number of benzene rings is 1. The minimum Gasteiger partial charge on any atom is -0.495 e. The first-order valence-corrected chi connectivity index (χ1v) is 6.37. The minimum absolute atomic E-state index is 0.201. The lowest BCUT2D eigenvalue weighted by Gasteiger charge is -2.14. The standard InChI is InChI=1S/C13H13ClN4O2/c1-3-12-16-17-13(20-12)7-18(8-15)9-4-5-11(19-2)10(14)6-9/h4-6H,3,7H2,1-2H3. The van der Waals surface area contributed by atoms with Crippen molar-refractivity contribution in [2.45, 2.75) is 19.9 Å². The third kappa shape index (κ3) is 3.00. The second-order valence-electron chi connectivity index (χ2n) is 3.95. The molecule has 0 bridgehead atoms. The normalized spacial score (nSPS) is 10.1. The van der Waals surface area contributed by atoms with Crippen molar-refractivity contribution in [3.63, 3.8) is 0 Å². The maximum absolute atomic E-state index is 9.23. The Hall–Kier alpha value is -2.26. The van der Waals surface area contributed by atoms with Gasteiger partial charge in [-0.1, -0.05) is 18.5 Å². The van der Waals surface area contributed by atoms with Crippen molar-refractivity contribution >= 4 is 17.3 Å². The van der Waals surface area contributed by atoms with Crippen LogP contribution in [-0.2, 0) is 13.0 Å². The Kier molecular flexibility index (Phi) is 4.43. The van der Waals surface area contributed by atoms with Gasteiger partial charge in [-0.05, 0) is 18.2 Å². The van der Waals surface area contributed by atoms with Crippen LogP contribution in [0.25, 0.3) is 0 Å². The van der Waals surface area contributed by atoms with Crippen LogP contribution in [0.4, 0.5) is 5.69 Å². The van der Waals surface area contributed by atoms with Gasteiger partial charge in [-0.15, -0.1) is 10.2 Å². The van der Waals surface area contributed by atoms with Crippen LogP contribution in [0.1, 0.15) is 18.7 Å². The molecule has 0 radical (unpaired) electrons. The van der Waals surface area contributed by atoms with E-state index in [1.54, 1.807) is 18.2 Å². The molecular weight excluding hydrogens is 280 g/mol. The molecule has 0 amide bonds. The zero-order valence-corrected chi connectivity index (χ0v) is 11.9. The van der Waals surface area contributed by atoms with E-state index in [9.17, 15) is 5.26 Å². The van der Waals surface area contributed by atoms with Gasteiger partial charge in [0.2, 0.25) is 11.8 Å². The molecule has 0 unspecified atom stereocenters. The number of rotatable bonds is 5. The Morgan fingerprint density at radius 1 is 1.40 bits per heavy atom. The molecule has 1 aromatic heterocycles. The fourth-order valence-electron chi connectivity index (χ4n) is 1.64. The maximum Gasteiger partial charge on any atom is 0.237 e. The molecule has 2 rings (SSSR count). The summed E-state index contributed by atoms with van der Waals surface area (Å²) in [7, 11) is 1.54. The van der Waals surface area contributed by atoms with Gasteiger partial charge in [0.05, 0.1) is 17.8 Å². The molecule has 2 aromatic rings. The van der Waals surface area contributed by atoms with Gasteiger partial charge in [-0.25, -0.2) is 0 Å². The van der Waals surface area contributed by atoms with Gasteiger partial charge < -0.3 is 9.15 Å². The molecule has 1 heterocycles. The van der Waals surface area contributed by atoms with Gasteiger partial charge in [0.15, 0.2) is 6.19 Å². The molecular formula is C13H13ClN4O2. The van der Waals surface area contributed by atoms with E-state index in [2.05, 4.69) is 16.4 Å². The van der Waals surface area contributed by atoms with Gasteiger partial charge in [0.1, 0.15) is 12.3 Å². The molecule has 0 atom stereocenters. The molecule has 7 heteroatoms. The van der Waals surface area contributed by atoms with Crippen molar-refractivity contribution in [2.75, 3.05) is 12.0 Å². The first-order valence-electron chi connectivity index (χ1n) is 6.00. The number of aryl methyl sites for hydroxylation is 1. The predicted octanol–water partition coefficient (Wildman–Crippen LogP) is 2.78. The second-order valence-corrected chi connectivity index (χ2v) is 4.36. The van der Waals surface area contributed by atoms with Gasteiger partial charge in [-0.2, -0.15) is 5.26 Å². The number of hydrogen-bond donors (Lipinski definition) is 0. The van der Waals surface area contributed by atoms with Gasteiger partial charge in [0, 0.05) is 6.42 Å². The molecule has 0 aliphatic carbocycles. The molecule has 0 N–H and O–H groups in total. The van der Waals surface area contributed by atoms with Crippen LogP contribution in [0, 0.1) is 11.5 Å². The fourth-order valence-corrected chi connectivity index (χ4v) is 1.89. The molecule has 0 aliphatic rings. The molecule has 104 valence electrons. The number of anilines is 1. The maximum atomic E-state index is 9.23. The second kappa shape index (κ2) is 6.26. The number of halogens is 1. The number of hydrogen-bond acceptors (Lipinski definition) is 6. The smallest absolute Gasteiger partial charge is 0.237 e. The lowest BCUT2D eigenvalue weighted by Crippen LogP contribution is -2.16. The van der Waals surface area contributed by atoms with E-state index < -0.39 is 0 Å². The van der Waals surface area contributed by atoms with Crippen LogP contribution in [0.2, 0.25) is 5.02 Å². The molecule has 1 aromatic carbocycles. The van der Waals surface area contributed by atoms with E-state index in [1.165, 1.54) is 12.0 Å². The third-order valence-corrected chi connectivity index (χ3v) is 2.97. The van der Waals surface area contributed by atoms with E-state index in [0.29, 0.717) is 34.7 Å². The first kappa shape index (κ1) is 14.2. The largest absolute Gasteiger partial charge is 0.495 e. The summed E-state index contributed by atoms with van der Waals surface area (Å²) in [5, 5.41) is 17.4. The van der Waals surface area contributed by atoms with Crippen LogP contribution < -0.4 is 9.64 Å². The molecule has 0 saturated carbocycles. The van der Waals surface area contributed by atoms with Gasteiger partial charge in [-0.3, -0.25) is 4.90 Å². The number of nitrogens with zero attached hydrogens (tertiary/aromatic N) is 4. The first-order chi connectivity index (χ1) is 9.67. The highest BCUT2D eigenvalue weighted by atomic mass is 35.5. The highest BCUT2D eigenvalue weighted by molar-refractivity contribution is 6.32. The Bertz CT molecular complexity index is 636. The zero-order valence-electron chi connectivity index (χ0n) is 11.1. The summed E-state index contributed by atoms with van der Waals surface area (Å²) in [6, 6.07) is 5.10. The lowest BCUT2D eigenvalue weighted by molar-refractivity contribution is 0.415. The summed E-state index contributed by atoms with van der Waals surface area (Å²) in [6.45, 7) is 2.12. The van der Waals surface area contributed by atoms with E-state index in [4.69, 9.17) is 20.8 Å². The summed E-state index contributed by atoms with van der Waals surface area (Å²) in [5.41, 5.74) is 0.634. The quantitative estimate of drug-likeness (QED) is 0.623. The van der Waals surface area contributed by atoms with Crippen molar-refractivity contribution in [3.05, 3.63) is 35.0 Å². The Labute approximate surface area is 121 Å². The van der Waals surface area contributed by atoms with E-state index in [-0.39, 0.29) is 6.54 Å². The highest BCUT2D eigenvalue weighted by Crippen LogP contribution is 2.29. The van der Waals surface area contributed by atoms with E-state index >= 15 is 0 Å². The molecule has 0 aliphatic heterocycles. The Morgan fingerprint density at radius 3 is 2.70 bits per heavy atom. The summed E-state index contributed by atoms with van der Waals surface area (Å²) in [6.07, 6.45) is 2.73. The van der Waals surface area contributed by atoms with Crippen LogP contribution in [0.3, 0.4) is 0 Å². The monoisotopic (exact) mass is 292 g/mol. The Morgan fingerprint density at radius 2 is 2.15 bits per heavy atom. The lowest BCUT2D eigenvalue weighted by atomic mass is 10.3. The van der Waals surface area contributed by atoms with Crippen LogP contribution in [-0.4, -0.2) is 17.3 Å². The molecule has 6 nitrogen and oxygen atoms in total. The number of nitriles is 1. The summed E-state index contributed by atoms with van der Waals surface area (Å²) in [4.78, 5) is 1.41. The number of ether oxygens (including phenoxy) is 1. The van der Waals surface area contributed by atoms with Crippen LogP contribution >= 0.6 is 11.6 Å². The predicted molar refractivity (Wildman–Crippen MR) is 73.5 cm³/mol. The summed E-state index contributed by atoms with van der Waals surface area (Å²) < 4.78 is 10.5. The SMILES string of the molecule is CCc1nnc(CN(C#N)c2ccc(OC)c(Cl)c2)o1. The van der Waals surface area contributed by atoms with Crippen LogP contribution in [0.15, 0.2) is 22.6 Å².